The van der Waals surface area contributed by atoms with Crippen LogP contribution in [0, 0.1) is 5.82 Å². The van der Waals surface area contributed by atoms with Crippen molar-refractivity contribution in [3.8, 4) is 5.75 Å². The zero-order valence-corrected chi connectivity index (χ0v) is 10.9. The molecule has 19 heavy (non-hydrogen) atoms. The summed E-state index contributed by atoms with van der Waals surface area (Å²) >= 11 is 0. The predicted molar refractivity (Wildman–Crippen MR) is 67.4 cm³/mol. The third-order valence-electron chi connectivity index (χ3n) is 2.31. The average Bonchev–Trinajstić information content (AvgIpc) is 2.39. The van der Waals surface area contributed by atoms with Gasteiger partial charge in [-0.1, -0.05) is 0 Å². The Labute approximate surface area is 110 Å². The monoisotopic (exact) mass is 269 g/mol. The maximum atomic E-state index is 13.4. The van der Waals surface area contributed by atoms with E-state index in [9.17, 15) is 14.0 Å². The Morgan fingerprint density at radius 1 is 1.32 bits per heavy atom. The molecule has 0 saturated carbocycles. The Balaban J connectivity index is 2.54. The Morgan fingerprint density at radius 2 is 2.05 bits per heavy atom. The first-order chi connectivity index (χ1) is 9.06. The number of esters is 1. The minimum Gasteiger partial charge on any atom is -0.497 e. The van der Waals surface area contributed by atoms with E-state index in [4.69, 9.17) is 4.74 Å². The standard InChI is InChI=1S/C13H16FNO4/c1-3-19-13(17)7-6-12(16)15-11-8-9(18-2)4-5-10(11)14/h4-5,8H,3,6-7H2,1-2H3,(H,15,16). The van der Waals surface area contributed by atoms with Crippen molar-refractivity contribution >= 4 is 17.6 Å². The molecule has 1 rings (SSSR count). The van der Waals surface area contributed by atoms with Crippen molar-refractivity contribution in [2.24, 2.45) is 0 Å². The summed E-state index contributed by atoms with van der Waals surface area (Å²) in [6.07, 6.45) is -0.0965. The summed E-state index contributed by atoms with van der Waals surface area (Å²) in [5, 5.41) is 2.38. The zero-order chi connectivity index (χ0) is 14.3. The second-order valence-corrected chi connectivity index (χ2v) is 3.70. The fourth-order valence-electron chi connectivity index (χ4n) is 1.39. The van der Waals surface area contributed by atoms with Crippen molar-refractivity contribution in [1.82, 2.24) is 0 Å². The topological polar surface area (TPSA) is 64.6 Å². The Hall–Kier alpha value is -2.11. The van der Waals surface area contributed by atoms with Crippen molar-refractivity contribution in [1.29, 1.82) is 0 Å². The first-order valence-corrected chi connectivity index (χ1v) is 5.85. The molecule has 5 nitrogen and oxygen atoms in total. The lowest BCUT2D eigenvalue weighted by Crippen LogP contribution is -2.15. The molecule has 0 aliphatic heterocycles. The van der Waals surface area contributed by atoms with E-state index in [0.717, 1.165) is 0 Å². The smallest absolute Gasteiger partial charge is 0.306 e. The summed E-state index contributed by atoms with van der Waals surface area (Å²) in [7, 11) is 1.44. The van der Waals surface area contributed by atoms with Crippen molar-refractivity contribution in [2.75, 3.05) is 19.0 Å². The lowest BCUT2D eigenvalue weighted by molar-refractivity contribution is -0.144. The molecule has 1 N–H and O–H groups in total. The molecule has 0 aromatic heterocycles. The second-order valence-electron chi connectivity index (χ2n) is 3.70. The predicted octanol–water partition coefficient (Wildman–Crippen LogP) is 2.12. The van der Waals surface area contributed by atoms with E-state index < -0.39 is 17.7 Å². The van der Waals surface area contributed by atoms with E-state index in [1.54, 1.807) is 6.92 Å². The van der Waals surface area contributed by atoms with Crippen molar-refractivity contribution in [3.05, 3.63) is 24.0 Å². The number of carbonyl (C=O) groups is 2. The van der Waals surface area contributed by atoms with Gasteiger partial charge >= 0.3 is 5.97 Å². The molecule has 0 saturated heterocycles. The summed E-state index contributed by atoms with van der Waals surface area (Å²) < 4.78 is 23.0. The van der Waals surface area contributed by atoms with Crippen LogP contribution in [-0.2, 0) is 14.3 Å². The summed E-state index contributed by atoms with van der Waals surface area (Å²) in [6.45, 7) is 1.95. The second kappa shape index (κ2) is 7.35. The van der Waals surface area contributed by atoms with Crippen LogP contribution in [0.1, 0.15) is 19.8 Å². The summed E-state index contributed by atoms with van der Waals surface area (Å²) in [5.74, 6) is -1.05. The van der Waals surface area contributed by atoms with Gasteiger partial charge in [0.1, 0.15) is 11.6 Å². The molecule has 104 valence electrons. The number of halogens is 1. The van der Waals surface area contributed by atoms with E-state index in [-0.39, 0.29) is 25.1 Å². The fourth-order valence-corrected chi connectivity index (χ4v) is 1.39. The maximum absolute atomic E-state index is 13.4. The van der Waals surface area contributed by atoms with Crippen LogP contribution in [0.25, 0.3) is 0 Å². The molecule has 0 radical (unpaired) electrons. The highest BCUT2D eigenvalue weighted by Gasteiger charge is 2.11. The normalized spacial score (nSPS) is 9.84. The maximum Gasteiger partial charge on any atom is 0.306 e. The molecule has 0 atom stereocenters. The number of carbonyl (C=O) groups excluding carboxylic acids is 2. The highest BCUT2D eigenvalue weighted by molar-refractivity contribution is 5.92. The molecule has 0 bridgehead atoms. The van der Waals surface area contributed by atoms with Gasteiger partial charge in [-0.05, 0) is 19.1 Å². The van der Waals surface area contributed by atoms with Gasteiger partial charge in [0.25, 0.3) is 0 Å². The molecule has 1 aromatic carbocycles. The van der Waals surface area contributed by atoms with Crippen LogP contribution >= 0.6 is 0 Å². The third kappa shape index (κ3) is 4.95. The highest BCUT2D eigenvalue weighted by atomic mass is 19.1. The fraction of sp³-hybridized carbons (Fsp3) is 0.385. The minimum absolute atomic E-state index is 0.0215. The van der Waals surface area contributed by atoms with Gasteiger partial charge in [-0.25, -0.2) is 4.39 Å². The lowest BCUT2D eigenvalue weighted by Gasteiger charge is -2.08. The molecule has 0 heterocycles. The van der Waals surface area contributed by atoms with Crippen molar-refractivity contribution in [3.63, 3.8) is 0 Å². The van der Waals surface area contributed by atoms with Gasteiger partial charge in [0, 0.05) is 12.5 Å². The van der Waals surface area contributed by atoms with Crippen LogP contribution in [0.3, 0.4) is 0 Å². The van der Waals surface area contributed by atoms with Crippen LogP contribution in [0.15, 0.2) is 18.2 Å². The van der Waals surface area contributed by atoms with Crippen LogP contribution in [0.5, 0.6) is 5.75 Å². The van der Waals surface area contributed by atoms with E-state index in [1.807, 2.05) is 0 Å². The molecular weight excluding hydrogens is 253 g/mol. The van der Waals surface area contributed by atoms with Gasteiger partial charge in [-0.15, -0.1) is 0 Å². The molecule has 1 amide bonds. The lowest BCUT2D eigenvalue weighted by atomic mass is 10.2. The van der Waals surface area contributed by atoms with Gasteiger partial charge in [0.15, 0.2) is 0 Å². The Kier molecular flexibility index (Phi) is 5.78. The summed E-state index contributed by atoms with van der Waals surface area (Å²) in [6, 6.07) is 4.01. The highest BCUT2D eigenvalue weighted by Crippen LogP contribution is 2.21. The number of amides is 1. The molecule has 0 aliphatic rings. The van der Waals surface area contributed by atoms with Crippen molar-refractivity contribution in [2.45, 2.75) is 19.8 Å². The molecule has 0 aliphatic carbocycles. The van der Waals surface area contributed by atoms with E-state index in [0.29, 0.717) is 5.75 Å². The average molecular weight is 269 g/mol. The largest absolute Gasteiger partial charge is 0.497 e. The zero-order valence-electron chi connectivity index (χ0n) is 10.9. The van der Waals surface area contributed by atoms with E-state index >= 15 is 0 Å². The van der Waals surface area contributed by atoms with E-state index in [2.05, 4.69) is 10.1 Å². The number of nitrogens with one attached hydrogen (secondary N) is 1. The molecule has 6 heteroatoms. The summed E-state index contributed by atoms with van der Waals surface area (Å²) in [4.78, 5) is 22.6. The number of rotatable bonds is 6. The minimum atomic E-state index is -0.565. The van der Waals surface area contributed by atoms with Crippen molar-refractivity contribution < 1.29 is 23.5 Å². The summed E-state index contributed by atoms with van der Waals surface area (Å²) in [5.41, 5.74) is 0.0215. The quantitative estimate of drug-likeness (QED) is 0.803. The first kappa shape index (κ1) is 14.9. The number of hydrogen-bond acceptors (Lipinski definition) is 4. The molecule has 0 fully saturated rings. The number of methoxy groups -OCH3 is 1. The van der Waals surface area contributed by atoms with Crippen LogP contribution in [0.2, 0.25) is 0 Å². The van der Waals surface area contributed by atoms with Crippen LogP contribution < -0.4 is 10.1 Å². The SMILES string of the molecule is CCOC(=O)CCC(=O)Nc1cc(OC)ccc1F. The number of anilines is 1. The Bertz CT molecular complexity index is 462. The van der Waals surface area contributed by atoms with Crippen LogP contribution in [0.4, 0.5) is 10.1 Å². The van der Waals surface area contributed by atoms with Gasteiger partial charge < -0.3 is 14.8 Å². The molecule has 0 unspecified atom stereocenters. The Morgan fingerprint density at radius 3 is 2.68 bits per heavy atom. The molecule has 0 spiro atoms. The number of ether oxygens (including phenoxy) is 2. The molecular formula is C13H16FNO4. The van der Waals surface area contributed by atoms with Gasteiger partial charge in [0.05, 0.1) is 25.8 Å². The van der Waals surface area contributed by atoms with Crippen LogP contribution in [-0.4, -0.2) is 25.6 Å². The van der Waals surface area contributed by atoms with Gasteiger partial charge in [-0.2, -0.15) is 0 Å². The van der Waals surface area contributed by atoms with Gasteiger partial charge in [-0.3, -0.25) is 9.59 Å². The molecule has 1 aromatic rings. The first-order valence-electron chi connectivity index (χ1n) is 5.85. The van der Waals surface area contributed by atoms with E-state index in [1.165, 1.54) is 25.3 Å². The van der Waals surface area contributed by atoms with Gasteiger partial charge in [0.2, 0.25) is 5.91 Å². The third-order valence-corrected chi connectivity index (χ3v) is 2.31. The number of benzene rings is 1. The number of hydrogen-bond donors (Lipinski definition) is 1.